The summed E-state index contributed by atoms with van der Waals surface area (Å²) in [6.07, 6.45) is 2.02. The summed E-state index contributed by atoms with van der Waals surface area (Å²) in [6.45, 7) is 0. The van der Waals surface area contributed by atoms with Crippen LogP contribution in [0.4, 0.5) is 5.69 Å². The molecule has 0 aromatic heterocycles. The highest BCUT2D eigenvalue weighted by molar-refractivity contribution is 6.48. The molecule has 1 aromatic carbocycles. The minimum Gasteiger partial charge on any atom is -0.382 e. The number of ketones is 1. The largest absolute Gasteiger partial charge is 0.382 e. The summed E-state index contributed by atoms with van der Waals surface area (Å²) in [5.74, 6) is -0.289. The van der Waals surface area contributed by atoms with E-state index in [2.05, 4.69) is 4.99 Å². The molecule has 1 aliphatic heterocycles. The Kier molecular flexibility index (Phi) is 3.24. The number of allylic oxidation sites excluding steroid dienone is 1. The number of fused-ring (bicyclic) bond motifs is 1. The topological polar surface area (TPSA) is 56.5 Å². The highest BCUT2D eigenvalue weighted by Crippen LogP contribution is 2.26. The van der Waals surface area contributed by atoms with Gasteiger partial charge in [-0.25, -0.2) is 4.99 Å². The molecule has 0 spiro atoms. The Morgan fingerprint density at radius 2 is 2.17 bits per heavy atom. The molecule has 0 saturated carbocycles. The van der Waals surface area contributed by atoms with Crippen LogP contribution < -0.4 is 0 Å². The third-order valence-corrected chi connectivity index (χ3v) is 2.62. The zero-order chi connectivity index (χ0) is 13.1. The van der Waals surface area contributed by atoms with Crippen LogP contribution in [0.5, 0.6) is 0 Å². The number of nitriles is 1. The molecule has 18 heavy (non-hydrogen) atoms. The van der Waals surface area contributed by atoms with Crippen molar-refractivity contribution in [2.75, 3.05) is 14.1 Å². The van der Waals surface area contributed by atoms with E-state index < -0.39 is 0 Å². The van der Waals surface area contributed by atoms with Crippen molar-refractivity contribution < 1.29 is 4.79 Å². The number of rotatable bonds is 3. The van der Waals surface area contributed by atoms with E-state index in [9.17, 15) is 4.79 Å². The molecular formula is C14H13N3O. The second-order valence-corrected chi connectivity index (χ2v) is 4.31. The van der Waals surface area contributed by atoms with Gasteiger partial charge in [0.15, 0.2) is 0 Å². The third-order valence-electron chi connectivity index (χ3n) is 2.62. The number of Topliss-reactive ketones (excluding diaryl/α,β-unsaturated/α-hetero) is 1. The average molecular weight is 239 g/mol. The van der Waals surface area contributed by atoms with Crippen LogP contribution in [0.2, 0.25) is 0 Å². The molecule has 0 unspecified atom stereocenters. The Labute approximate surface area is 106 Å². The van der Waals surface area contributed by atoms with Gasteiger partial charge in [0, 0.05) is 26.7 Å². The maximum absolute atomic E-state index is 12.1. The molecule has 1 heterocycles. The first-order chi connectivity index (χ1) is 8.61. The maximum atomic E-state index is 12.1. The van der Waals surface area contributed by atoms with Crippen LogP contribution in [0.3, 0.4) is 0 Å². The SMILES string of the molecule is CN(C)/C=C(\C#N)C(=O)C1=Nc2ccccc2C1. The lowest BCUT2D eigenvalue weighted by atomic mass is 10.0. The molecule has 0 fully saturated rings. The lowest BCUT2D eigenvalue weighted by Gasteiger charge is -2.05. The highest BCUT2D eigenvalue weighted by atomic mass is 16.1. The number of aliphatic imine (C=N–C) groups is 1. The molecule has 4 heteroatoms. The van der Waals surface area contributed by atoms with E-state index in [0.29, 0.717) is 12.1 Å². The standard InChI is InChI=1S/C14H13N3O/c1-17(2)9-11(8-15)14(18)13-7-10-5-3-4-6-12(10)16-13/h3-6,9H,7H2,1-2H3/b11-9+. The van der Waals surface area contributed by atoms with Crippen molar-refractivity contribution in [2.45, 2.75) is 6.42 Å². The number of hydrogen-bond acceptors (Lipinski definition) is 4. The smallest absolute Gasteiger partial charge is 0.219 e. The predicted octanol–water partition coefficient (Wildman–Crippen LogP) is 1.85. The summed E-state index contributed by atoms with van der Waals surface area (Å²) in [6, 6.07) is 9.55. The van der Waals surface area contributed by atoms with Crippen LogP contribution in [0.25, 0.3) is 0 Å². The van der Waals surface area contributed by atoms with E-state index in [1.807, 2.05) is 30.3 Å². The Balaban J connectivity index is 2.27. The lowest BCUT2D eigenvalue weighted by molar-refractivity contribution is -0.109. The Morgan fingerprint density at radius 3 is 2.78 bits per heavy atom. The maximum Gasteiger partial charge on any atom is 0.219 e. The van der Waals surface area contributed by atoms with Crippen molar-refractivity contribution in [3.63, 3.8) is 0 Å². The van der Waals surface area contributed by atoms with Crippen molar-refractivity contribution in [3.05, 3.63) is 41.6 Å². The van der Waals surface area contributed by atoms with Crippen LogP contribution in [-0.2, 0) is 11.2 Å². The summed E-state index contributed by atoms with van der Waals surface area (Å²) in [7, 11) is 3.55. The van der Waals surface area contributed by atoms with Gasteiger partial charge in [0.05, 0.1) is 11.4 Å². The number of benzene rings is 1. The van der Waals surface area contributed by atoms with Crippen LogP contribution in [0, 0.1) is 11.3 Å². The van der Waals surface area contributed by atoms with E-state index in [1.54, 1.807) is 19.0 Å². The molecule has 0 amide bonds. The Morgan fingerprint density at radius 1 is 1.44 bits per heavy atom. The molecular weight excluding hydrogens is 226 g/mol. The summed E-state index contributed by atoms with van der Waals surface area (Å²) >= 11 is 0. The Hall–Kier alpha value is -2.41. The molecule has 0 radical (unpaired) electrons. The van der Waals surface area contributed by atoms with Gasteiger partial charge < -0.3 is 4.90 Å². The molecule has 2 rings (SSSR count). The molecule has 1 aromatic rings. The van der Waals surface area contributed by atoms with Gasteiger partial charge in [0.1, 0.15) is 11.6 Å². The van der Waals surface area contributed by atoms with E-state index in [-0.39, 0.29) is 11.4 Å². The molecule has 4 nitrogen and oxygen atoms in total. The monoisotopic (exact) mass is 239 g/mol. The summed E-state index contributed by atoms with van der Waals surface area (Å²) < 4.78 is 0. The van der Waals surface area contributed by atoms with Gasteiger partial charge in [-0.05, 0) is 11.6 Å². The van der Waals surface area contributed by atoms with Crippen LogP contribution >= 0.6 is 0 Å². The van der Waals surface area contributed by atoms with Crippen molar-refractivity contribution in [1.82, 2.24) is 4.90 Å². The molecule has 0 saturated heterocycles. The van der Waals surface area contributed by atoms with Gasteiger partial charge >= 0.3 is 0 Å². The van der Waals surface area contributed by atoms with E-state index in [1.165, 1.54) is 6.20 Å². The zero-order valence-corrected chi connectivity index (χ0v) is 10.3. The van der Waals surface area contributed by atoms with Crippen LogP contribution in [0.1, 0.15) is 5.56 Å². The second-order valence-electron chi connectivity index (χ2n) is 4.31. The fraction of sp³-hybridized carbons (Fsp3) is 0.214. The fourth-order valence-corrected chi connectivity index (χ4v) is 1.82. The average Bonchev–Trinajstić information content (AvgIpc) is 2.78. The summed E-state index contributed by atoms with van der Waals surface area (Å²) in [5.41, 5.74) is 2.41. The molecule has 0 atom stereocenters. The first-order valence-corrected chi connectivity index (χ1v) is 5.60. The number of hydrogen-bond donors (Lipinski definition) is 0. The van der Waals surface area contributed by atoms with Crippen LogP contribution in [0.15, 0.2) is 41.0 Å². The van der Waals surface area contributed by atoms with E-state index in [4.69, 9.17) is 5.26 Å². The summed E-state index contributed by atoms with van der Waals surface area (Å²) in [4.78, 5) is 18.1. The molecule has 90 valence electrons. The molecule has 0 N–H and O–H groups in total. The van der Waals surface area contributed by atoms with Gasteiger partial charge in [0.25, 0.3) is 0 Å². The number of carbonyl (C=O) groups excluding carboxylic acids is 1. The normalized spacial score (nSPS) is 13.6. The van der Waals surface area contributed by atoms with Crippen molar-refractivity contribution in [2.24, 2.45) is 4.99 Å². The predicted molar refractivity (Wildman–Crippen MR) is 69.6 cm³/mol. The second kappa shape index (κ2) is 4.84. The van der Waals surface area contributed by atoms with Gasteiger partial charge in [0.2, 0.25) is 5.78 Å². The number of para-hydroxylation sites is 1. The first-order valence-electron chi connectivity index (χ1n) is 5.60. The van der Waals surface area contributed by atoms with Gasteiger partial charge in [-0.2, -0.15) is 5.26 Å². The lowest BCUT2D eigenvalue weighted by Crippen LogP contribution is -2.17. The highest BCUT2D eigenvalue weighted by Gasteiger charge is 2.23. The molecule has 1 aliphatic rings. The minimum absolute atomic E-state index is 0.117. The fourth-order valence-electron chi connectivity index (χ4n) is 1.82. The van der Waals surface area contributed by atoms with Gasteiger partial charge in [-0.1, -0.05) is 18.2 Å². The third kappa shape index (κ3) is 2.30. The van der Waals surface area contributed by atoms with Gasteiger partial charge in [-0.3, -0.25) is 4.79 Å². The Bertz CT molecular complexity index is 591. The van der Waals surface area contributed by atoms with Crippen LogP contribution in [-0.4, -0.2) is 30.5 Å². The molecule has 0 bridgehead atoms. The van der Waals surface area contributed by atoms with E-state index in [0.717, 1.165) is 11.3 Å². The summed E-state index contributed by atoms with van der Waals surface area (Å²) in [5, 5.41) is 9.00. The quantitative estimate of drug-likeness (QED) is 0.597. The van der Waals surface area contributed by atoms with E-state index >= 15 is 0 Å². The van der Waals surface area contributed by atoms with Crippen molar-refractivity contribution in [3.8, 4) is 6.07 Å². The van der Waals surface area contributed by atoms with Gasteiger partial charge in [-0.15, -0.1) is 0 Å². The molecule has 0 aliphatic carbocycles. The zero-order valence-electron chi connectivity index (χ0n) is 10.3. The van der Waals surface area contributed by atoms with Crippen molar-refractivity contribution >= 4 is 17.2 Å². The first kappa shape index (κ1) is 12.1. The number of carbonyl (C=O) groups is 1. The van der Waals surface area contributed by atoms with Crippen molar-refractivity contribution in [1.29, 1.82) is 5.26 Å². The minimum atomic E-state index is -0.289. The number of nitrogens with zero attached hydrogens (tertiary/aromatic N) is 3.